The Labute approximate surface area is 228 Å². The van der Waals surface area contributed by atoms with Gasteiger partial charge in [0.25, 0.3) is 5.91 Å². The molecule has 9 nitrogen and oxygen atoms in total. The molecule has 3 heterocycles. The molecule has 0 saturated carbocycles. The van der Waals surface area contributed by atoms with E-state index in [1.165, 1.54) is 16.6 Å². The molecule has 1 fully saturated rings. The molecule has 1 saturated heterocycles. The number of halogens is 2. The molecule has 2 aromatic heterocycles. The molecule has 0 bridgehead atoms. The molecule has 190 valence electrons. The van der Waals surface area contributed by atoms with Gasteiger partial charge in [-0.2, -0.15) is 4.80 Å². The number of piperidine rings is 1. The maximum atomic E-state index is 13.6. The fourth-order valence-corrected chi connectivity index (χ4v) is 4.64. The summed E-state index contributed by atoms with van der Waals surface area (Å²) in [6.45, 7) is 1.72. The Hall–Kier alpha value is -3.05. The number of benzene rings is 2. The lowest BCUT2D eigenvalue weighted by molar-refractivity contribution is 0.0743. The van der Waals surface area contributed by atoms with Crippen molar-refractivity contribution in [3.63, 3.8) is 0 Å². The van der Waals surface area contributed by atoms with E-state index < -0.39 is 0 Å². The molecular formula is C25H24Cl2N8OS. The van der Waals surface area contributed by atoms with Crippen LogP contribution in [0.25, 0.3) is 22.5 Å². The zero-order valence-corrected chi connectivity index (χ0v) is 22.4. The molecule has 0 unspecified atom stereocenters. The second-order valence-corrected chi connectivity index (χ2v) is 10.2. The normalized spacial score (nSPS) is 14.0. The Kier molecular flexibility index (Phi) is 7.99. The van der Waals surface area contributed by atoms with Crippen LogP contribution in [-0.4, -0.2) is 60.4 Å². The Morgan fingerprint density at radius 3 is 2.08 bits per heavy atom. The van der Waals surface area contributed by atoms with Crippen molar-refractivity contribution in [3.05, 3.63) is 70.0 Å². The van der Waals surface area contributed by atoms with E-state index in [0.29, 0.717) is 32.3 Å². The minimum Gasteiger partial charge on any atom is -0.283 e. The van der Waals surface area contributed by atoms with Crippen molar-refractivity contribution < 1.29 is 4.79 Å². The number of carbonyl (C=O) groups is 1. The van der Waals surface area contributed by atoms with E-state index >= 15 is 0 Å². The van der Waals surface area contributed by atoms with Gasteiger partial charge in [0.05, 0.1) is 17.1 Å². The van der Waals surface area contributed by atoms with Gasteiger partial charge in [-0.25, -0.2) is 15.0 Å². The van der Waals surface area contributed by atoms with Crippen LogP contribution in [0.2, 0.25) is 10.0 Å². The van der Waals surface area contributed by atoms with Gasteiger partial charge in [0.15, 0.2) is 5.69 Å². The first-order chi connectivity index (χ1) is 18.0. The summed E-state index contributed by atoms with van der Waals surface area (Å²) >= 11 is 13.7. The summed E-state index contributed by atoms with van der Waals surface area (Å²) in [6.07, 6.45) is 5.09. The number of carbonyl (C=O) groups excluding carboxylic acids is 1. The Balaban J connectivity index is 1.64. The molecule has 5 rings (SSSR count). The van der Waals surface area contributed by atoms with Crippen molar-refractivity contribution in [1.82, 2.24) is 40.6 Å². The predicted octanol–water partition coefficient (Wildman–Crippen LogP) is 5.00. The van der Waals surface area contributed by atoms with Crippen LogP contribution in [0.15, 0.2) is 53.7 Å². The van der Waals surface area contributed by atoms with Crippen LogP contribution in [0.3, 0.4) is 0 Å². The molecule has 37 heavy (non-hydrogen) atoms. The SMILES string of the molecule is CSc1nnn(Cc2nc(-c3ccc(Cl)cc3)c(-c3ccc(Cl)cc3)nc2C(=O)NN2CCCCC2)n1. The van der Waals surface area contributed by atoms with E-state index in [9.17, 15) is 4.79 Å². The molecular weight excluding hydrogens is 531 g/mol. The van der Waals surface area contributed by atoms with Crippen molar-refractivity contribution in [1.29, 1.82) is 0 Å². The monoisotopic (exact) mass is 554 g/mol. The molecule has 1 aliphatic rings. The smallest absolute Gasteiger partial charge is 0.283 e. The van der Waals surface area contributed by atoms with E-state index in [0.717, 1.165) is 43.5 Å². The molecule has 12 heteroatoms. The maximum absolute atomic E-state index is 13.6. The lowest BCUT2D eigenvalue weighted by Gasteiger charge is -2.27. The summed E-state index contributed by atoms with van der Waals surface area (Å²) < 4.78 is 0. The van der Waals surface area contributed by atoms with Crippen LogP contribution >= 0.6 is 35.0 Å². The highest BCUT2D eigenvalue weighted by Crippen LogP contribution is 2.32. The number of nitrogens with one attached hydrogen (secondary N) is 1. The fourth-order valence-electron chi connectivity index (χ4n) is 4.09. The largest absolute Gasteiger partial charge is 0.286 e. The highest BCUT2D eigenvalue weighted by molar-refractivity contribution is 7.98. The third-order valence-corrected chi connectivity index (χ3v) is 6.97. The molecule has 1 amide bonds. The van der Waals surface area contributed by atoms with Gasteiger partial charge in [-0.05, 0) is 48.6 Å². The first-order valence-corrected chi connectivity index (χ1v) is 13.8. The van der Waals surface area contributed by atoms with Crippen LogP contribution in [-0.2, 0) is 6.54 Å². The van der Waals surface area contributed by atoms with Crippen LogP contribution < -0.4 is 5.43 Å². The topological polar surface area (TPSA) is 102 Å². The number of tetrazole rings is 1. The lowest BCUT2D eigenvalue weighted by Crippen LogP contribution is -2.45. The summed E-state index contributed by atoms with van der Waals surface area (Å²) in [5.74, 6) is -0.326. The minimum absolute atomic E-state index is 0.130. The molecule has 0 aliphatic carbocycles. The average molecular weight is 555 g/mol. The quantitative estimate of drug-likeness (QED) is 0.318. The van der Waals surface area contributed by atoms with Crippen molar-refractivity contribution in [2.75, 3.05) is 19.3 Å². The number of thioether (sulfide) groups is 1. The molecule has 2 aromatic carbocycles. The second kappa shape index (κ2) is 11.6. The van der Waals surface area contributed by atoms with Crippen molar-refractivity contribution >= 4 is 40.9 Å². The molecule has 1 N–H and O–H groups in total. The Morgan fingerprint density at radius 1 is 0.919 bits per heavy atom. The van der Waals surface area contributed by atoms with Crippen LogP contribution in [0.5, 0.6) is 0 Å². The molecule has 1 aliphatic heterocycles. The summed E-state index contributed by atoms with van der Waals surface area (Å²) in [6, 6.07) is 14.6. The first-order valence-electron chi connectivity index (χ1n) is 11.8. The van der Waals surface area contributed by atoms with Crippen molar-refractivity contribution in [2.24, 2.45) is 0 Å². The van der Waals surface area contributed by atoms with E-state index in [2.05, 4.69) is 20.8 Å². The number of aromatic nitrogens is 6. The summed E-state index contributed by atoms with van der Waals surface area (Å²) in [4.78, 5) is 24.8. The number of hydrogen-bond acceptors (Lipinski definition) is 8. The van der Waals surface area contributed by atoms with Gasteiger partial charge in [0, 0.05) is 34.3 Å². The summed E-state index contributed by atoms with van der Waals surface area (Å²) in [7, 11) is 0. The number of hydrogen-bond donors (Lipinski definition) is 1. The third-order valence-electron chi connectivity index (χ3n) is 5.94. The first kappa shape index (κ1) is 25.6. The zero-order valence-electron chi connectivity index (χ0n) is 20.1. The van der Waals surface area contributed by atoms with Crippen molar-refractivity contribution in [3.8, 4) is 22.5 Å². The van der Waals surface area contributed by atoms with Crippen LogP contribution in [0, 0.1) is 0 Å². The number of nitrogens with zero attached hydrogens (tertiary/aromatic N) is 7. The van der Waals surface area contributed by atoms with Gasteiger partial charge in [0.1, 0.15) is 6.54 Å². The highest BCUT2D eigenvalue weighted by Gasteiger charge is 2.24. The Bertz CT molecular complexity index is 1390. The van der Waals surface area contributed by atoms with Crippen molar-refractivity contribution in [2.45, 2.75) is 31.0 Å². The van der Waals surface area contributed by atoms with Gasteiger partial charge in [0.2, 0.25) is 5.16 Å². The summed E-state index contributed by atoms with van der Waals surface area (Å²) in [5, 5.41) is 16.2. The second-order valence-electron chi connectivity index (χ2n) is 8.53. The standard InChI is InChI=1S/C25H24Cl2N8OS/c1-37-25-30-33-35(32-25)15-20-23(24(36)31-34-13-3-2-4-14-34)29-22(17-7-11-19(27)12-8-17)21(28-20)16-5-9-18(26)10-6-16/h5-12H,2-4,13-15H2,1H3,(H,31,36). The van der Waals surface area contributed by atoms with Gasteiger partial charge in [-0.1, -0.05) is 65.7 Å². The van der Waals surface area contributed by atoms with E-state index in [1.54, 1.807) is 24.3 Å². The molecule has 0 radical (unpaired) electrons. The minimum atomic E-state index is -0.326. The molecule has 0 atom stereocenters. The number of rotatable bonds is 7. The van der Waals surface area contributed by atoms with Gasteiger partial charge in [-0.15, -0.1) is 10.2 Å². The molecule has 4 aromatic rings. The van der Waals surface area contributed by atoms with Gasteiger partial charge < -0.3 is 0 Å². The zero-order chi connectivity index (χ0) is 25.8. The van der Waals surface area contributed by atoms with E-state index in [-0.39, 0.29) is 18.1 Å². The predicted molar refractivity (Wildman–Crippen MR) is 145 cm³/mol. The van der Waals surface area contributed by atoms with E-state index in [1.807, 2.05) is 35.5 Å². The maximum Gasteiger partial charge on any atom is 0.286 e. The van der Waals surface area contributed by atoms with E-state index in [4.69, 9.17) is 33.2 Å². The third kappa shape index (κ3) is 6.10. The van der Waals surface area contributed by atoms with Crippen LogP contribution in [0.4, 0.5) is 0 Å². The Morgan fingerprint density at radius 2 is 1.51 bits per heavy atom. The lowest BCUT2D eigenvalue weighted by atomic mass is 10.0. The number of amides is 1. The average Bonchev–Trinajstić information content (AvgIpc) is 3.37. The van der Waals surface area contributed by atoms with Gasteiger partial charge >= 0.3 is 0 Å². The fraction of sp³-hybridized carbons (Fsp3) is 0.280. The number of hydrazine groups is 1. The van der Waals surface area contributed by atoms with Gasteiger partial charge in [-0.3, -0.25) is 10.2 Å². The highest BCUT2D eigenvalue weighted by atomic mass is 35.5. The molecule has 0 spiro atoms. The summed E-state index contributed by atoms with van der Waals surface area (Å²) in [5.41, 5.74) is 6.41. The van der Waals surface area contributed by atoms with Crippen LogP contribution in [0.1, 0.15) is 35.4 Å².